The minimum atomic E-state index is 0.184. The van der Waals surface area contributed by atoms with Crippen LogP contribution in [0.2, 0.25) is 0 Å². The zero-order chi connectivity index (χ0) is 19.6. The molecule has 152 valence electrons. The Morgan fingerprint density at radius 3 is 2.37 bits per heavy atom. The van der Waals surface area contributed by atoms with Gasteiger partial charge in [0.15, 0.2) is 0 Å². The highest BCUT2D eigenvalue weighted by Gasteiger charge is 2.34. The Kier molecular flexibility index (Phi) is 9.12. The lowest BCUT2D eigenvalue weighted by molar-refractivity contribution is -0.140. The molecule has 0 bridgehead atoms. The van der Waals surface area contributed by atoms with Crippen LogP contribution in [0.15, 0.2) is 24.3 Å². The number of benzene rings is 1. The van der Waals surface area contributed by atoms with Crippen LogP contribution in [-0.4, -0.2) is 48.5 Å². The number of hydrogen-bond donors (Lipinski definition) is 0. The number of carbonyl (C=O) groups excluding carboxylic acids is 1. The summed E-state index contributed by atoms with van der Waals surface area (Å²) in [6.45, 7) is 13.8. The normalized spacial score (nSPS) is 15.0. The second-order valence-corrected chi connectivity index (χ2v) is 8.14. The molecular weight excluding hydrogens is 336 g/mol. The fourth-order valence-electron chi connectivity index (χ4n) is 3.62. The Morgan fingerprint density at radius 1 is 1.11 bits per heavy atom. The van der Waals surface area contributed by atoms with E-state index in [2.05, 4.69) is 43.0 Å². The van der Waals surface area contributed by atoms with Gasteiger partial charge in [-0.05, 0) is 43.9 Å². The molecule has 4 nitrogen and oxygen atoms in total. The van der Waals surface area contributed by atoms with E-state index in [1.54, 1.807) is 0 Å². The maximum Gasteiger partial charge on any atom is 0.228 e. The average molecular weight is 375 g/mol. The van der Waals surface area contributed by atoms with Crippen molar-refractivity contribution >= 4 is 5.91 Å². The third kappa shape index (κ3) is 7.17. The number of rotatable bonds is 12. The van der Waals surface area contributed by atoms with Crippen molar-refractivity contribution in [2.75, 3.05) is 32.8 Å². The number of carbonyl (C=O) groups is 1. The van der Waals surface area contributed by atoms with Crippen LogP contribution in [0, 0.1) is 11.8 Å². The highest BCUT2D eigenvalue weighted by molar-refractivity contribution is 5.80. The van der Waals surface area contributed by atoms with E-state index in [1.165, 1.54) is 24.8 Å². The Morgan fingerprint density at radius 2 is 1.78 bits per heavy atom. The summed E-state index contributed by atoms with van der Waals surface area (Å²) in [5.41, 5.74) is 1.29. The predicted octanol–water partition coefficient (Wildman–Crippen LogP) is 4.58. The number of ether oxygens (including phenoxy) is 1. The molecule has 1 aromatic carbocycles. The monoisotopic (exact) mass is 374 g/mol. The summed E-state index contributed by atoms with van der Waals surface area (Å²) in [7, 11) is 0. The van der Waals surface area contributed by atoms with Crippen molar-refractivity contribution in [3.05, 3.63) is 29.8 Å². The maximum atomic E-state index is 12.3. The van der Waals surface area contributed by atoms with Gasteiger partial charge in [0.05, 0.1) is 12.5 Å². The molecule has 0 spiro atoms. The number of amides is 1. The lowest BCUT2D eigenvalue weighted by atomic mass is 9.97. The second kappa shape index (κ2) is 11.3. The van der Waals surface area contributed by atoms with E-state index in [4.69, 9.17) is 4.74 Å². The van der Waals surface area contributed by atoms with Gasteiger partial charge in [-0.15, -0.1) is 0 Å². The summed E-state index contributed by atoms with van der Waals surface area (Å²) in [4.78, 5) is 16.6. The molecule has 1 aliphatic heterocycles. The van der Waals surface area contributed by atoms with Crippen molar-refractivity contribution < 1.29 is 9.53 Å². The summed E-state index contributed by atoms with van der Waals surface area (Å²) in [6.07, 6.45) is 4.99. The number of unbranched alkanes of at least 4 members (excludes halogenated alkanes) is 2. The quantitative estimate of drug-likeness (QED) is 0.502. The van der Waals surface area contributed by atoms with Crippen molar-refractivity contribution in [2.45, 2.75) is 59.9 Å². The first-order valence-electron chi connectivity index (χ1n) is 10.8. The largest absolute Gasteiger partial charge is 0.494 e. The predicted molar refractivity (Wildman–Crippen MR) is 112 cm³/mol. The van der Waals surface area contributed by atoms with Crippen molar-refractivity contribution in [3.63, 3.8) is 0 Å². The highest BCUT2D eigenvalue weighted by Crippen LogP contribution is 2.22. The fourth-order valence-corrected chi connectivity index (χ4v) is 3.62. The molecule has 0 saturated carbocycles. The van der Waals surface area contributed by atoms with Gasteiger partial charge in [0.25, 0.3) is 0 Å². The number of nitrogens with zero attached hydrogens (tertiary/aromatic N) is 2. The first-order chi connectivity index (χ1) is 13.0. The van der Waals surface area contributed by atoms with Gasteiger partial charge >= 0.3 is 0 Å². The SMILES string of the molecule is CCN(CC)C(=O)C1CN(Cc2ccc(OCCCCCC(C)C)cc2)C1. The van der Waals surface area contributed by atoms with E-state index in [1.807, 2.05) is 18.7 Å². The van der Waals surface area contributed by atoms with E-state index in [0.29, 0.717) is 5.91 Å². The molecule has 0 N–H and O–H groups in total. The van der Waals surface area contributed by atoms with E-state index < -0.39 is 0 Å². The van der Waals surface area contributed by atoms with Gasteiger partial charge in [0.1, 0.15) is 5.75 Å². The minimum absolute atomic E-state index is 0.184. The second-order valence-electron chi connectivity index (χ2n) is 8.14. The molecule has 0 aromatic heterocycles. The zero-order valence-corrected chi connectivity index (χ0v) is 17.7. The van der Waals surface area contributed by atoms with E-state index in [-0.39, 0.29) is 5.92 Å². The van der Waals surface area contributed by atoms with Crippen LogP contribution in [0.4, 0.5) is 0 Å². The molecule has 4 heteroatoms. The molecule has 0 unspecified atom stereocenters. The van der Waals surface area contributed by atoms with Crippen LogP contribution >= 0.6 is 0 Å². The first-order valence-corrected chi connectivity index (χ1v) is 10.8. The van der Waals surface area contributed by atoms with Crippen LogP contribution in [0.5, 0.6) is 5.75 Å². The van der Waals surface area contributed by atoms with Gasteiger partial charge in [-0.25, -0.2) is 0 Å². The fraction of sp³-hybridized carbons (Fsp3) is 0.696. The van der Waals surface area contributed by atoms with Gasteiger partial charge in [-0.2, -0.15) is 0 Å². The Hall–Kier alpha value is -1.55. The Bertz CT molecular complexity index is 546. The smallest absolute Gasteiger partial charge is 0.228 e. The molecule has 1 heterocycles. The maximum absolute atomic E-state index is 12.3. The molecule has 27 heavy (non-hydrogen) atoms. The lowest BCUT2D eigenvalue weighted by Gasteiger charge is -2.40. The lowest BCUT2D eigenvalue weighted by Crippen LogP contribution is -2.53. The van der Waals surface area contributed by atoms with Crippen molar-refractivity contribution in [1.82, 2.24) is 9.80 Å². The molecule has 1 saturated heterocycles. The van der Waals surface area contributed by atoms with Gasteiger partial charge in [0.2, 0.25) is 5.91 Å². The van der Waals surface area contributed by atoms with Crippen molar-refractivity contribution in [1.29, 1.82) is 0 Å². The Balaban J connectivity index is 1.63. The average Bonchev–Trinajstić information content (AvgIpc) is 2.62. The van der Waals surface area contributed by atoms with E-state index in [0.717, 1.165) is 57.4 Å². The van der Waals surface area contributed by atoms with Crippen molar-refractivity contribution in [3.8, 4) is 5.75 Å². The molecule has 1 aromatic rings. The van der Waals surface area contributed by atoms with Crippen LogP contribution in [0.25, 0.3) is 0 Å². The number of likely N-dealkylation sites (tertiary alicyclic amines) is 1. The summed E-state index contributed by atoms with van der Waals surface area (Å²) in [5, 5.41) is 0. The summed E-state index contributed by atoms with van der Waals surface area (Å²) < 4.78 is 5.85. The van der Waals surface area contributed by atoms with Crippen LogP contribution in [0.1, 0.15) is 58.9 Å². The Labute approximate surface area is 165 Å². The molecule has 1 fully saturated rings. The first kappa shape index (κ1) is 21.7. The van der Waals surface area contributed by atoms with Crippen LogP contribution in [0.3, 0.4) is 0 Å². The molecule has 0 aliphatic carbocycles. The highest BCUT2D eigenvalue weighted by atomic mass is 16.5. The van der Waals surface area contributed by atoms with Crippen LogP contribution < -0.4 is 4.74 Å². The molecule has 1 aliphatic rings. The van der Waals surface area contributed by atoms with Gasteiger partial charge < -0.3 is 9.64 Å². The van der Waals surface area contributed by atoms with Gasteiger partial charge in [-0.1, -0.05) is 45.2 Å². The summed E-state index contributed by atoms with van der Waals surface area (Å²) >= 11 is 0. The molecule has 2 rings (SSSR count). The standard InChI is InChI=1S/C23H38N2O2/c1-5-25(6-2)23(26)21-17-24(18-21)16-20-11-13-22(14-12-20)27-15-9-7-8-10-19(3)4/h11-14,19,21H,5-10,15-18H2,1-4H3. The molecule has 0 atom stereocenters. The van der Waals surface area contributed by atoms with E-state index in [9.17, 15) is 4.79 Å². The zero-order valence-electron chi connectivity index (χ0n) is 17.7. The number of hydrogen-bond acceptors (Lipinski definition) is 3. The van der Waals surface area contributed by atoms with Crippen LogP contribution in [-0.2, 0) is 11.3 Å². The summed E-state index contributed by atoms with van der Waals surface area (Å²) in [6, 6.07) is 8.44. The third-order valence-electron chi connectivity index (χ3n) is 5.41. The molecule has 1 amide bonds. The summed E-state index contributed by atoms with van der Waals surface area (Å²) in [5.74, 6) is 2.26. The van der Waals surface area contributed by atoms with Gasteiger partial charge in [0, 0.05) is 32.7 Å². The van der Waals surface area contributed by atoms with Crippen molar-refractivity contribution in [2.24, 2.45) is 11.8 Å². The molecular formula is C23H38N2O2. The minimum Gasteiger partial charge on any atom is -0.494 e. The topological polar surface area (TPSA) is 32.8 Å². The van der Waals surface area contributed by atoms with E-state index >= 15 is 0 Å². The molecule has 0 radical (unpaired) electrons. The van der Waals surface area contributed by atoms with Gasteiger partial charge in [-0.3, -0.25) is 9.69 Å². The third-order valence-corrected chi connectivity index (χ3v) is 5.41.